The van der Waals surface area contributed by atoms with E-state index in [1.54, 1.807) is 0 Å². The fourth-order valence-corrected chi connectivity index (χ4v) is 3.75. The van der Waals surface area contributed by atoms with Gasteiger partial charge in [0.15, 0.2) is 0 Å². The Labute approximate surface area is 125 Å². The van der Waals surface area contributed by atoms with Crippen LogP contribution >= 0.6 is 23.4 Å². The van der Waals surface area contributed by atoms with Crippen LogP contribution in [0, 0.1) is 0 Å². The third-order valence-electron chi connectivity index (χ3n) is 3.26. The van der Waals surface area contributed by atoms with Gasteiger partial charge in [-0.15, -0.1) is 0 Å². The van der Waals surface area contributed by atoms with Gasteiger partial charge in [0, 0.05) is 11.3 Å². The van der Waals surface area contributed by atoms with Crippen LogP contribution in [0.5, 0.6) is 0 Å². The molecule has 0 amide bonds. The van der Waals surface area contributed by atoms with E-state index >= 15 is 0 Å². The molecule has 1 aromatic heterocycles. The molecular weight excluding hydrogens is 309 g/mol. The minimum atomic E-state index is -4.40. The summed E-state index contributed by atoms with van der Waals surface area (Å²) in [5, 5.41) is 3.52. The summed E-state index contributed by atoms with van der Waals surface area (Å²) in [6.45, 7) is 2.11. The third-order valence-corrected chi connectivity index (χ3v) is 4.69. The van der Waals surface area contributed by atoms with Gasteiger partial charge in [-0.05, 0) is 37.1 Å². The predicted octanol–water partition coefficient (Wildman–Crippen LogP) is 4.84. The standard InChI is InChI=1S/C13H16ClF3N2S/c1-2-20-10-4-3-9(7-10)18-12-6-8(13(15,16)17)5-11(14)19-12/h5-6,9-10H,2-4,7H2,1H3,(H,18,19). The second-order valence-corrected chi connectivity index (χ2v) is 6.76. The summed E-state index contributed by atoms with van der Waals surface area (Å²) in [5.74, 6) is 1.27. The van der Waals surface area contributed by atoms with Crippen LogP contribution in [0.4, 0.5) is 19.0 Å². The quantitative estimate of drug-likeness (QED) is 0.802. The molecule has 1 aromatic rings. The Balaban J connectivity index is 2.05. The molecule has 1 aliphatic carbocycles. The molecule has 1 saturated carbocycles. The molecule has 1 N–H and O–H groups in total. The molecule has 0 saturated heterocycles. The van der Waals surface area contributed by atoms with E-state index in [2.05, 4.69) is 17.2 Å². The Kier molecular flexibility index (Phi) is 5.07. The maximum atomic E-state index is 12.7. The molecule has 1 fully saturated rings. The third kappa shape index (κ3) is 4.19. The molecule has 1 heterocycles. The van der Waals surface area contributed by atoms with Crippen molar-refractivity contribution in [3.05, 3.63) is 22.8 Å². The van der Waals surface area contributed by atoms with E-state index in [0.717, 1.165) is 37.1 Å². The fourth-order valence-electron chi connectivity index (χ4n) is 2.40. The lowest BCUT2D eigenvalue weighted by atomic mass is 10.2. The maximum Gasteiger partial charge on any atom is 0.416 e. The highest BCUT2D eigenvalue weighted by Crippen LogP contribution is 2.34. The average Bonchev–Trinajstić information content (AvgIpc) is 2.75. The monoisotopic (exact) mass is 324 g/mol. The number of pyridine rings is 1. The van der Waals surface area contributed by atoms with Gasteiger partial charge >= 0.3 is 6.18 Å². The molecule has 0 aromatic carbocycles. The van der Waals surface area contributed by atoms with Gasteiger partial charge in [0.1, 0.15) is 11.0 Å². The second-order valence-electron chi connectivity index (χ2n) is 4.79. The topological polar surface area (TPSA) is 24.9 Å². The lowest BCUT2D eigenvalue weighted by Gasteiger charge is -2.15. The number of nitrogens with one attached hydrogen (secondary N) is 1. The van der Waals surface area contributed by atoms with Gasteiger partial charge in [0.05, 0.1) is 5.56 Å². The number of aromatic nitrogens is 1. The van der Waals surface area contributed by atoms with Gasteiger partial charge in [-0.2, -0.15) is 24.9 Å². The van der Waals surface area contributed by atoms with Crippen molar-refractivity contribution in [1.29, 1.82) is 0 Å². The first-order valence-electron chi connectivity index (χ1n) is 6.51. The molecule has 20 heavy (non-hydrogen) atoms. The van der Waals surface area contributed by atoms with E-state index in [1.807, 2.05) is 11.8 Å². The van der Waals surface area contributed by atoms with Gasteiger partial charge in [0.2, 0.25) is 0 Å². The first kappa shape index (κ1) is 15.8. The summed E-state index contributed by atoms with van der Waals surface area (Å²) in [6, 6.07) is 2.04. The van der Waals surface area contributed by atoms with E-state index in [-0.39, 0.29) is 17.0 Å². The minimum absolute atomic E-state index is 0.139. The Hall–Kier alpha value is -0.620. The summed E-state index contributed by atoms with van der Waals surface area (Å²) >= 11 is 7.56. The van der Waals surface area contributed by atoms with Crippen LogP contribution in [0.2, 0.25) is 5.15 Å². The van der Waals surface area contributed by atoms with Crippen LogP contribution in [0.15, 0.2) is 12.1 Å². The van der Waals surface area contributed by atoms with E-state index in [9.17, 15) is 13.2 Å². The lowest BCUT2D eigenvalue weighted by Crippen LogP contribution is -2.18. The molecule has 0 spiro atoms. The molecule has 2 rings (SSSR count). The smallest absolute Gasteiger partial charge is 0.367 e. The van der Waals surface area contributed by atoms with Crippen LogP contribution in [0.1, 0.15) is 31.7 Å². The van der Waals surface area contributed by atoms with Crippen molar-refractivity contribution in [2.45, 2.75) is 43.7 Å². The molecule has 0 radical (unpaired) electrons. The fraction of sp³-hybridized carbons (Fsp3) is 0.615. The number of anilines is 1. The highest BCUT2D eigenvalue weighted by molar-refractivity contribution is 7.99. The van der Waals surface area contributed by atoms with Gasteiger partial charge in [-0.25, -0.2) is 4.98 Å². The van der Waals surface area contributed by atoms with Crippen molar-refractivity contribution >= 4 is 29.2 Å². The maximum absolute atomic E-state index is 12.7. The molecule has 7 heteroatoms. The molecular formula is C13H16ClF3N2S. The number of alkyl halides is 3. The molecule has 2 atom stereocenters. The zero-order chi connectivity index (χ0) is 14.8. The number of hydrogen-bond acceptors (Lipinski definition) is 3. The summed E-state index contributed by atoms with van der Waals surface area (Å²) in [4.78, 5) is 3.93. The number of halogens is 4. The summed E-state index contributed by atoms with van der Waals surface area (Å²) in [5.41, 5.74) is -0.766. The molecule has 2 nitrogen and oxygen atoms in total. The van der Waals surface area contributed by atoms with Crippen molar-refractivity contribution in [3.63, 3.8) is 0 Å². The molecule has 0 bridgehead atoms. The van der Waals surface area contributed by atoms with Gasteiger partial charge in [0.25, 0.3) is 0 Å². The van der Waals surface area contributed by atoms with Gasteiger partial charge in [-0.3, -0.25) is 0 Å². The van der Waals surface area contributed by atoms with E-state index in [0.29, 0.717) is 5.25 Å². The van der Waals surface area contributed by atoms with Gasteiger partial charge < -0.3 is 5.32 Å². The number of nitrogens with zero attached hydrogens (tertiary/aromatic N) is 1. The van der Waals surface area contributed by atoms with Crippen LogP contribution in [0.3, 0.4) is 0 Å². The van der Waals surface area contributed by atoms with Crippen molar-refractivity contribution in [3.8, 4) is 0 Å². The molecule has 0 aliphatic heterocycles. The molecule has 112 valence electrons. The minimum Gasteiger partial charge on any atom is -0.367 e. The summed E-state index contributed by atoms with van der Waals surface area (Å²) in [6.07, 6.45) is -1.41. The summed E-state index contributed by atoms with van der Waals surface area (Å²) < 4.78 is 38.1. The van der Waals surface area contributed by atoms with E-state index in [4.69, 9.17) is 11.6 Å². The zero-order valence-electron chi connectivity index (χ0n) is 11.0. The number of hydrogen-bond donors (Lipinski definition) is 1. The van der Waals surface area contributed by atoms with Crippen molar-refractivity contribution in [2.75, 3.05) is 11.1 Å². The zero-order valence-corrected chi connectivity index (χ0v) is 12.6. The van der Waals surface area contributed by atoms with E-state index < -0.39 is 11.7 Å². The Bertz CT molecular complexity index is 467. The number of rotatable bonds is 4. The SMILES string of the molecule is CCSC1CCC(Nc2cc(C(F)(F)F)cc(Cl)n2)C1. The first-order valence-corrected chi connectivity index (χ1v) is 7.94. The molecule has 1 aliphatic rings. The lowest BCUT2D eigenvalue weighted by molar-refractivity contribution is -0.137. The number of thioether (sulfide) groups is 1. The van der Waals surface area contributed by atoms with Gasteiger partial charge in [-0.1, -0.05) is 18.5 Å². The highest BCUT2D eigenvalue weighted by Gasteiger charge is 2.32. The van der Waals surface area contributed by atoms with Crippen molar-refractivity contribution in [2.24, 2.45) is 0 Å². The highest BCUT2D eigenvalue weighted by atomic mass is 35.5. The largest absolute Gasteiger partial charge is 0.416 e. The van der Waals surface area contributed by atoms with Crippen LogP contribution in [-0.4, -0.2) is 22.0 Å². The normalized spacial score (nSPS) is 23.1. The van der Waals surface area contributed by atoms with E-state index in [1.165, 1.54) is 0 Å². The first-order chi connectivity index (χ1) is 9.38. The van der Waals surface area contributed by atoms with Crippen molar-refractivity contribution < 1.29 is 13.2 Å². The Morgan fingerprint density at radius 3 is 2.80 bits per heavy atom. The van der Waals surface area contributed by atoms with Crippen LogP contribution in [-0.2, 0) is 6.18 Å². The Morgan fingerprint density at radius 2 is 2.15 bits per heavy atom. The van der Waals surface area contributed by atoms with Crippen molar-refractivity contribution in [1.82, 2.24) is 4.98 Å². The average molecular weight is 325 g/mol. The molecule has 2 unspecified atom stereocenters. The summed E-state index contributed by atoms with van der Waals surface area (Å²) in [7, 11) is 0. The second kappa shape index (κ2) is 6.43. The van der Waals surface area contributed by atoms with Crippen LogP contribution < -0.4 is 5.32 Å². The Morgan fingerprint density at radius 1 is 1.40 bits per heavy atom. The van der Waals surface area contributed by atoms with Crippen LogP contribution in [0.25, 0.3) is 0 Å². The predicted molar refractivity (Wildman–Crippen MR) is 77.4 cm³/mol.